The predicted octanol–water partition coefficient (Wildman–Crippen LogP) is 3.13. The molecule has 2 amide bonds. The van der Waals surface area contributed by atoms with E-state index in [1.54, 1.807) is 30.5 Å². The SMILES string of the molecule is CC(Sc1nnc(N2CCCCC2)n1Cc1ccco1)C(=O)Nc1ccc(C(N)=O)cc1. The number of rotatable bonds is 8. The molecular formula is C22H26N6O3S. The average Bonchev–Trinajstić information content (AvgIpc) is 3.45. The first-order valence-corrected chi connectivity index (χ1v) is 11.5. The van der Waals surface area contributed by atoms with E-state index in [2.05, 4.69) is 20.4 Å². The van der Waals surface area contributed by atoms with Crippen LogP contribution in [0.1, 0.15) is 42.3 Å². The highest BCUT2D eigenvalue weighted by molar-refractivity contribution is 8.00. The summed E-state index contributed by atoms with van der Waals surface area (Å²) in [5.41, 5.74) is 6.25. The lowest BCUT2D eigenvalue weighted by molar-refractivity contribution is -0.115. The molecule has 4 rings (SSSR count). The lowest BCUT2D eigenvalue weighted by Gasteiger charge is -2.27. The molecule has 1 unspecified atom stereocenters. The van der Waals surface area contributed by atoms with E-state index >= 15 is 0 Å². The highest BCUT2D eigenvalue weighted by Crippen LogP contribution is 2.28. The number of nitrogens with two attached hydrogens (primary N) is 1. The van der Waals surface area contributed by atoms with E-state index in [4.69, 9.17) is 10.2 Å². The molecule has 10 heteroatoms. The Labute approximate surface area is 190 Å². The predicted molar refractivity (Wildman–Crippen MR) is 123 cm³/mol. The van der Waals surface area contributed by atoms with Gasteiger partial charge < -0.3 is 20.4 Å². The molecule has 3 N–H and O–H groups in total. The van der Waals surface area contributed by atoms with Gasteiger partial charge >= 0.3 is 0 Å². The van der Waals surface area contributed by atoms with Gasteiger partial charge in [0.15, 0.2) is 5.16 Å². The number of furan rings is 1. The van der Waals surface area contributed by atoms with Gasteiger partial charge in [-0.15, -0.1) is 10.2 Å². The third-order valence-electron chi connectivity index (χ3n) is 5.32. The summed E-state index contributed by atoms with van der Waals surface area (Å²) in [5, 5.41) is 11.9. The van der Waals surface area contributed by atoms with Crippen molar-refractivity contribution in [1.82, 2.24) is 14.8 Å². The van der Waals surface area contributed by atoms with Gasteiger partial charge in [0.05, 0.1) is 18.1 Å². The summed E-state index contributed by atoms with van der Waals surface area (Å²) in [6.07, 6.45) is 5.13. The van der Waals surface area contributed by atoms with Crippen LogP contribution >= 0.6 is 11.8 Å². The van der Waals surface area contributed by atoms with Crippen molar-refractivity contribution in [3.63, 3.8) is 0 Å². The zero-order valence-electron chi connectivity index (χ0n) is 17.9. The van der Waals surface area contributed by atoms with Gasteiger partial charge in [-0.1, -0.05) is 11.8 Å². The molecule has 1 saturated heterocycles. The van der Waals surface area contributed by atoms with Crippen molar-refractivity contribution in [2.75, 3.05) is 23.3 Å². The second-order valence-corrected chi connectivity index (χ2v) is 8.99. The van der Waals surface area contributed by atoms with Crippen LogP contribution in [-0.2, 0) is 11.3 Å². The van der Waals surface area contributed by atoms with Gasteiger partial charge in [-0.2, -0.15) is 0 Å². The number of aromatic nitrogens is 3. The average molecular weight is 455 g/mol. The third-order valence-corrected chi connectivity index (χ3v) is 6.40. The van der Waals surface area contributed by atoms with E-state index in [0.717, 1.165) is 37.6 Å². The molecule has 0 spiro atoms. The van der Waals surface area contributed by atoms with Crippen molar-refractivity contribution in [2.45, 2.75) is 43.1 Å². The Morgan fingerprint density at radius 2 is 1.91 bits per heavy atom. The second-order valence-electron chi connectivity index (χ2n) is 7.69. The molecule has 0 saturated carbocycles. The molecule has 1 aliphatic rings. The van der Waals surface area contributed by atoms with Crippen LogP contribution in [0.15, 0.2) is 52.2 Å². The Kier molecular flexibility index (Phi) is 6.79. The van der Waals surface area contributed by atoms with E-state index in [0.29, 0.717) is 23.0 Å². The van der Waals surface area contributed by atoms with Gasteiger partial charge in [0, 0.05) is 24.3 Å². The highest BCUT2D eigenvalue weighted by atomic mass is 32.2. The molecule has 3 aromatic rings. The number of primary amides is 1. The number of piperidine rings is 1. The van der Waals surface area contributed by atoms with Crippen LogP contribution in [0.4, 0.5) is 11.6 Å². The molecule has 3 heterocycles. The number of anilines is 2. The third kappa shape index (κ3) is 5.13. The lowest BCUT2D eigenvalue weighted by Crippen LogP contribution is -2.32. The molecule has 1 atom stereocenters. The Hall–Kier alpha value is -3.27. The largest absolute Gasteiger partial charge is 0.467 e. The number of nitrogens with one attached hydrogen (secondary N) is 1. The molecule has 0 bridgehead atoms. The van der Waals surface area contributed by atoms with E-state index in [1.807, 2.05) is 23.6 Å². The summed E-state index contributed by atoms with van der Waals surface area (Å²) in [5.74, 6) is 0.927. The molecule has 1 aromatic carbocycles. The van der Waals surface area contributed by atoms with E-state index < -0.39 is 11.2 Å². The van der Waals surface area contributed by atoms with Gasteiger partial charge in [0.1, 0.15) is 5.76 Å². The van der Waals surface area contributed by atoms with Crippen LogP contribution in [0.25, 0.3) is 0 Å². The number of carbonyl (C=O) groups is 2. The smallest absolute Gasteiger partial charge is 0.248 e. The summed E-state index contributed by atoms with van der Waals surface area (Å²) in [7, 11) is 0. The zero-order chi connectivity index (χ0) is 22.5. The highest BCUT2D eigenvalue weighted by Gasteiger charge is 2.24. The minimum Gasteiger partial charge on any atom is -0.467 e. The molecule has 1 fully saturated rings. The summed E-state index contributed by atoms with van der Waals surface area (Å²) in [6.45, 7) is 4.21. The van der Waals surface area contributed by atoms with Gasteiger partial charge in [0.25, 0.3) is 0 Å². The first-order valence-electron chi connectivity index (χ1n) is 10.6. The molecule has 32 heavy (non-hydrogen) atoms. The minimum atomic E-state index is -0.507. The maximum Gasteiger partial charge on any atom is 0.248 e. The molecule has 9 nitrogen and oxygen atoms in total. The van der Waals surface area contributed by atoms with Crippen molar-refractivity contribution in [3.05, 3.63) is 54.0 Å². The number of hydrogen-bond acceptors (Lipinski definition) is 7. The standard InChI is InChI=1S/C22H26N6O3S/c1-15(20(30)24-17-9-7-16(8-10-17)19(23)29)32-22-26-25-21(27-11-3-2-4-12-27)28(22)14-18-6-5-13-31-18/h5-10,13,15H,2-4,11-12,14H2,1H3,(H2,23,29)(H,24,30). The van der Waals surface area contributed by atoms with Crippen molar-refractivity contribution in [1.29, 1.82) is 0 Å². The molecule has 168 valence electrons. The van der Waals surface area contributed by atoms with Crippen LogP contribution in [-0.4, -0.2) is 44.9 Å². The zero-order valence-corrected chi connectivity index (χ0v) is 18.7. The Bertz CT molecular complexity index is 1060. The van der Waals surface area contributed by atoms with Gasteiger partial charge in [-0.05, 0) is 62.6 Å². The van der Waals surface area contributed by atoms with E-state index in [9.17, 15) is 9.59 Å². The van der Waals surface area contributed by atoms with Crippen molar-refractivity contribution in [2.24, 2.45) is 5.73 Å². The second kappa shape index (κ2) is 9.90. The van der Waals surface area contributed by atoms with Crippen molar-refractivity contribution < 1.29 is 14.0 Å². The molecule has 0 radical (unpaired) electrons. The Morgan fingerprint density at radius 3 is 2.56 bits per heavy atom. The summed E-state index contributed by atoms with van der Waals surface area (Å²) in [4.78, 5) is 26.2. The lowest BCUT2D eigenvalue weighted by atomic mass is 10.1. The van der Waals surface area contributed by atoms with Gasteiger partial charge in [0.2, 0.25) is 17.8 Å². The van der Waals surface area contributed by atoms with Gasteiger partial charge in [-0.25, -0.2) is 0 Å². The fraction of sp³-hybridized carbons (Fsp3) is 0.364. The monoisotopic (exact) mass is 454 g/mol. The van der Waals surface area contributed by atoms with E-state index in [1.165, 1.54) is 18.2 Å². The fourth-order valence-corrected chi connectivity index (χ4v) is 4.41. The molecule has 0 aliphatic carbocycles. The topological polar surface area (TPSA) is 119 Å². The molecule has 2 aromatic heterocycles. The molecular weight excluding hydrogens is 428 g/mol. The number of amides is 2. The first kappa shape index (κ1) is 21.9. The Balaban J connectivity index is 1.48. The quantitative estimate of drug-likeness (QED) is 0.502. The normalized spacial score (nSPS) is 14.8. The van der Waals surface area contributed by atoms with Crippen molar-refractivity contribution in [3.8, 4) is 0 Å². The fourth-order valence-electron chi connectivity index (χ4n) is 3.57. The first-order chi connectivity index (χ1) is 15.5. The van der Waals surface area contributed by atoms with Gasteiger partial charge in [-0.3, -0.25) is 14.2 Å². The van der Waals surface area contributed by atoms with Crippen molar-refractivity contribution >= 4 is 35.2 Å². The number of benzene rings is 1. The van der Waals surface area contributed by atoms with Crippen LogP contribution < -0.4 is 16.0 Å². The summed E-state index contributed by atoms with van der Waals surface area (Å²) >= 11 is 1.35. The number of thioether (sulfide) groups is 1. The summed E-state index contributed by atoms with van der Waals surface area (Å²) < 4.78 is 7.56. The minimum absolute atomic E-state index is 0.172. The maximum absolute atomic E-state index is 12.8. The number of hydrogen-bond donors (Lipinski definition) is 2. The number of nitrogens with zero attached hydrogens (tertiary/aromatic N) is 4. The number of carbonyl (C=O) groups excluding carboxylic acids is 2. The van der Waals surface area contributed by atoms with Crippen LogP contribution in [0.2, 0.25) is 0 Å². The Morgan fingerprint density at radius 1 is 1.16 bits per heavy atom. The summed E-state index contributed by atoms with van der Waals surface area (Å²) in [6, 6.07) is 10.3. The maximum atomic E-state index is 12.8. The van der Waals surface area contributed by atoms with Crippen LogP contribution in [0.5, 0.6) is 0 Å². The molecule has 1 aliphatic heterocycles. The van der Waals surface area contributed by atoms with E-state index in [-0.39, 0.29) is 5.91 Å². The van der Waals surface area contributed by atoms with Crippen LogP contribution in [0, 0.1) is 0 Å². The van der Waals surface area contributed by atoms with Crippen LogP contribution in [0.3, 0.4) is 0 Å².